The summed E-state index contributed by atoms with van der Waals surface area (Å²) in [5.41, 5.74) is 1.34. The zero-order valence-electron chi connectivity index (χ0n) is 13.2. The van der Waals surface area contributed by atoms with Crippen molar-refractivity contribution in [1.29, 1.82) is 0 Å². The summed E-state index contributed by atoms with van der Waals surface area (Å²) in [5.74, 6) is -0.520. The average molecular weight is 362 g/mol. The van der Waals surface area contributed by atoms with Crippen LogP contribution in [0.4, 0.5) is 10.1 Å². The lowest BCUT2D eigenvalue weighted by Crippen LogP contribution is -2.38. The van der Waals surface area contributed by atoms with Crippen molar-refractivity contribution in [3.05, 3.63) is 53.3 Å². The number of halogens is 1. The van der Waals surface area contributed by atoms with E-state index in [0.717, 1.165) is 15.9 Å². The lowest BCUT2D eigenvalue weighted by Gasteiger charge is -2.30. The van der Waals surface area contributed by atoms with Crippen LogP contribution in [-0.4, -0.2) is 34.0 Å². The van der Waals surface area contributed by atoms with E-state index < -0.39 is 15.8 Å². The van der Waals surface area contributed by atoms with E-state index in [4.69, 9.17) is 4.74 Å². The summed E-state index contributed by atoms with van der Waals surface area (Å²) in [6, 6.07) is 8.30. The van der Waals surface area contributed by atoms with Crippen LogP contribution in [0, 0.1) is 5.82 Å². The Morgan fingerprint density at radius 3 is 2.84 bits per heavy atom. The second kappa shape index (κ2) is 5.73. The molecule has 0 atom stereocenters. The van der Waals surface area contributed by atoms with Gasteiger partial charge in [0.05, 0.1) is 17.1 Å². The Bertz CT molecular complexity index is 975. The summed E-state index contributed by atoms with van der Waals surface area (Å²) >= 11 is 0. The molecule has 0 saturated heterocycles. The summed E-state index contributed by atoms with van der Waals surface area (Å²) in [6.07, 6.45) is 0.660. The Labute approximate surface area is 144 Å². The molecule has 0 saturated carbocycles. The highest BCUT2D eigenvalue weighted by Crippen LogP contribution is 2.36. The van der Waals surface area contributed by atoms with Crippen LogP contribution in [0.5, 0.6) is 5.75 Å². The second-order valence-corrected chi connectivity index (χ2v) is 7.72. The number of benzene rings is 2. The van der Waals surface area contributed by atoms with Crippen molar-refractivity contribution in [2.75, 3.05) is 24.0 Å². The quantitative estimate of drug-likeness (QED) is 0.882. The van der Waals surface area contributed by atoms with Crippen LogP contribution in [0.2, 0.25) is 0 Å². The fraction of sp³-hybridized carbons (Fsp3) is 0.235. The van der Waals surface area contributed by atoms with Gasteiger partial charge in [0, 0.05) is 18.2 Å². The molecule has 6 nitrogen and oxygen atoms in total. The average Bonchev–Trinajstić information content (AvgIpc) is 2.61. The SMILES string of the molecule is O=C1NCCc2ccc(S(=O)(=O)N3CCOc4ccc(F)cc43)cc21. The van der Waals surface area contributed by atoms with Gasteiger partial charge < -0.3 is 10.1 Å². The van der Waals surface area contributed by atoms with E-state index in [9.17, 15) is 17.6 Å². The molecule has 1 amide bonds. The number of nitrogens with zero attached hydrogens (tertiary/aromatic N) is 1. The number of anilines is 1. The van der Waals surface area contributed by atoms with E-state index in [1.807, 2.05) is 0 Å². The van der Waals surface area contributed by atoms with Crippen LogP contribution in [0.3, 0.4) is 0 Å². The number of sulfonamides is 1. The number of nitrogens with one attached hydrogen (secondary N) is 1. The lowest BCUT2D eigenvalue weighted by molar-refractivity contribution is 0.0945. The molecule has 4 rings (SSSR count). The number of ether oxygens (including phenoxy) is 1. The monoisotopic (exact) mass is 362 g/mol. The highest BCUT2D eigenvalue weighted by molar-refractivity contribution is 7.92. The van der Waals surface area contributed by atoms with Gasteiger partial charge in [0.1, 0.15) is 18.2 Å². The highest BCUT2D eigenvalue weighted by Gasteiger charge is 2.31. The van der Waals surface area contributed by atoms with E-state index in [-0.39, 0.29) is 29.6 Å². The number of amides is 1. The number of fused-ring (bicyclic) bond motifs is 2. The summed E-state index contributed by atoms with van der Waals surface area (Å²) < 4.78 is 46.3. The minimum absolute atomic E-state index is 0.000381. The normalized spacial score (nSPS) is 16.5. The maximum absolute atomic E-state index is 13.6. The molecule has 0 spiro atoms. The van der Waals surface area contributed by atoms with Crippen molar-refractivity contribution in [2.45, 2.75) is 11.3 Å². The predicted molar refractivity (Wildman–Crippen MR) is 88.9 cm³/mol. The molecule has 0 bridgehead atoms. The highest BCUT2D eigenvalue weighted by atomic mass is 32.2. The summed E-state index contributed by atoms with van der Waals surface area (Å²) in [5, 5.41) is 2.70. The van der Waals surface area contributed by atoms with Crippen molar-refractivity contribution >= 4 is 21.6 Å². The van der Waals surface area contributed by atoms with Gasteiger partial charge in [-0.3, -0.25) is 9.10 Å². The molecular formula is C17H15FN2O4S. The molecule has 2 aromatic rings. The smallest absolute Gasteiger partial charge is 0.264 e. The Balaban J connectivity index is 1.80. The van der Waals surface area contributed by atoms with Crippen molar-refractivity contribution < 1.29 is 22.3 Å². The van der Waals surface area contributed by atoms with E-state index in [2.05, 4.69) is 5.32 Å². The molecule has 2 heterocycles. The maximum atomic E-state index is 13.6. The molecule has 0 aromatic heterocycles. The summed E-state index contributed by atoms with van der Waals surface area (Å²) in [4.78, 5) is 12.0. The standard InChI is InChI=1S/C17H15FN2O4S/c18-12-2-4-16-15(9-12)20(7-8-24-16)25(22,23)13-3-1-11-5-6-19-17(21)14(11)10-13/h1-4,9-10H,5-8H2,(H,19,21). The third kappa shape index (κ3) is 2.62. The molecule has 1 N–H and O–H groups in total. The Morgan fingerprint density at radius 2 is 2.00 bits per heavy atom. The van der Waals surface area contributed by atoms with E-state index >= 15 is 0 Å². The number of hydrogen-bond acceptors (Lipinski definition) is 4. The minimum Gasteiger partial charge on any atom is -0.489 e. The maximum Gasteiger partial charge on any atom is 0.264 e. The van der Waals surface area contributed by atoms with Gasteiger partial charge in [-0.15, -0.1) is 0 Å². The topological polar surface area (TPSA) is 75.7 Å². The molecule has 0 unspecified atom stereocenters. The van der Waals surface area contributed by atoms with Gasteiger partial charge in [-0.25, -0.2) is 12.8 Å². The van der Waals surface area contributed by atoms with Crippen molar-refractivity contribution in [3.8, 4) is 5.75 Å². The summed E-state index contributed by atoms with van der Waals surface area (Å²) in [6.45, 7) is 0.777. The fourth-order valence-electron chi connectivity index (χ4n) is 3.09. The van der Waals surface area contributed by atoms with Gasteiger partial charge in [-0.2, -0.15) is 0 Å². The van der Waals surface area contributed by atoms with Gasteiger partial charge >= 0.3 is 0 Å². The van der Waals surface area contributed by atoms with Crippen LogP contribution in [0.25, 0.3) is 0 Å². The Hall–Kier alpha value is -2.61. The fourth-order valence-corrected chi connectivity index (χ4v) is 4.57. The largest absolute Gasteiger partial charge is 0.489 e. The van der Waals surface area contributed by atoms with Gasteiger partial charge in [0.15, 0.2) is 0 Å². The number of rotatable bonds is 2. The predicted octanol–water partition coefficient (Wildman–Crippen LogP) is 1.70. The molecular weight excluding hydrogens is 347 g/mol. The summed E-state index contributed by atoms with van der Waals surface area (Å²) in [7, 11) is -3.94. The molecule has 2 aliphatic rings. The molecule has 8 heteroatoms. The van der Waals surface area contributed by atoms with Gasteiger partial charge in [0.25, 0.3) is 15.9 Å². The Kier molecular flexibility index (Phi) is 3.64. The molecule has 130 valence electrons. The first-order chi connectivity index (χ1) is 12.0. The van der Waals surface area contributed by atoms with Crippen molar-refractivity contribution in [1.82, 2.24) is 5.32 Å². The molecule has 0 aliphatic carbocycles. The van der Waals surface area contributed by atoms with E-state index in [1.165, 1.54) is 24.3 Å². The molecule has 0 fully saturated rings. The van der Waals surface area contributed by atoms with Crippen LogP contribution in [0.15, 0.2) is 41.3 Å². The van der Waals surface area contributed by atoms with Crippen molar-refractivity contribution in [3.63, 3.8) is 0 Å². The molecule has 2 aromatic carbocycles. The van der Waals surface area contributed by atoms with Crippen molar-refractivity contribution in [2.24, 2.45) is 0 Å². The van der Waals surface area contributed by atoms with Crippen LogP contribution < -0.4 is 14.4 Å². The Morgan fingerprint density at radius 1 is 1.16 bits per heavy atom. The van der Waals surface area contributed by atoms with Gasteiger partial charge in [-0.1, -0.05) is 6.07 Å². The number of carbonyl (C=O) groups is 1. The van der Waals surface area contributed by atoms with E-state index in [0.29, 0.717) is 24.3 Å². The van der Waals surface area contributed by atoms with Gasteiger partial charge in [-0.05, 0) is 36.2 Å². The molecule has 2 aliphatic heterocycles. The van der Waals surface area contributed by atoms with Crippen LogP contribution in [0.1, 0.15) is 15.9 Å². The van der Waals surface area contributed by atoms with Gasteiger partial charge in [0.2, 0.25) is 0 Å². The first kappa shape index (κ1) is 15.9. The zero-order chi connectivity index (χ0) is 17.6. The molecule has 0 radical (unpaired) electrons. The van der Waals surface area contributed by atoms with Crippen LogP contribution in [-0.2, 0) is 16.4 Å². The van der Waals surface area contributed by atoms with E-state index in [1.54, 1.807) is 6.07 Å². The van der Waals surface area contributed by atoms with Crippen LogP contribution >= 0.6 is 0 Å². The first-order valence-corrected chi connectivity index (χ1v) is 9.27. The second-order valence-electron chi connectivity index (χ2n) is 5.86. The minimum atomic E-state index is -3.94. The zero-order valence-corrected chi connectivity index (χ0v) is 14.0. The third-order valence-electron chi connectivity index (χ3n) is 4.34. The number of carbonyl (C=O) groups excluding carboxylic acids is 1. The lowest BCUT2D eigenvalue weighted by atomic mass is 10.0. The number of hydrogen-bond donors (Lipinski definition) is 1. The first-order valence-electron chi connectivity index (χ1n) is 7.83. The molecule has 25 heavy (non-hydrogen) atoms. The third-order valence-corrected chi connectivity index (χ3v) is 6.14.